The third-order valence-corrected chi connectivity index (χ3v) is 3.73. The standard InChI is InChI=1S/C10H5BrCl2F3N/c11-9(10(14,15)16)2-1-5-3-6(12)4-7(13)8(5)17-9/h1-4,17H. The molecule has 1 aromatic rings. The summed E-state index contributed by atoms with van der Waals surface area (Å²) in [4.78, 5) is 0. The van der Waals surface area contributed by atoms with Crippen LogP contribution in [-0.2, 0) is 0 Å². The van der Waals surface area contributed by atoms with Gasteiger partial charge >= 0.3 is 6.18 Å². The van der Waals surface area contributed by atoms with E-state index in [2.05, 4.69) is 21.2 Å². The minimum Gasteiger partial charge on any atom is -0.358 e. The molecule has 1 N–H and O–H groups in total. The van der Waals surface area contributed by atoms with Gasteiger partial charge in [-0.2, -0.15) is 13.2 Å². The van der Waals surface area contributed by atoms with Gasteiger partial charge in [-0.3, -0.25) is 0 Å². The molecule has 1 aliphatic rings. The van der Waals surface area contributed by atoms with E-state index >= 15 is 0 Å². The smallest absolute Gasteiger partial charge is 0.358 e. The molecule has 0 fully saturated rings. The molecule has 0 aromatic heterocycles. The first-order valence-electron chi connectivity index (χ1n) is 4.45. The quantitative estimate of drug-likeness (QED) is 0.510. The molecule has 2 rings (SSSR count). The molecule has 7 heteroatoms. The fourth-order valence-electron chi connectivity index (χ4n) is 1.45. The first-order chi connectivity index (χ1) is 7.73. The van der Waals surface area contributed by atoms with Gasteiger partial charge < -0.3 is 5.32 Å². The Kier molecular flexibility index (Phi) is 3.13. The lowest BCUT2D eigenvalue weighted by Gasteiger charge is -2.33. The topological polar surface area (TPSA) is 12.0 Å². The molecule has 17 heavy (non-hydrogen) atoms. The van der Waals surface area contributed by atoms with Crippen molar-refractivity contribution >= 4 is 50.9 Å². The largest absolute Gasteiger partial charge is 0.425 e. The maximum Gasteiger partial charge on any atom is 0.425 e. The molecule has 0 aliphatic carbocycles. The van der Waals surface area contributed by atoms with Crippen molar-refractivity contribution in [2.75, 3.05) is 5.32 Å². The Morgan fingerprint density at radius 1 is 1.24 bits per heavy atom. The summed E-state index contributed by atoms with van der Waals surface area (Å²) in [5, 5.41) is 2.84. The van der Waals surface area contributed by atoms with Crippen LogP contribution in [0.4, 0.5) is 18.9 Å². The molecule has 1 aliphatic heterocycles. The number of hydrogen-bond donors (Lipinski definition) is 1. The van der Waals surface area contributed by atoms with Crippen LogP contribution >= 0.6 is 39.1 Å². The number of fused-ring (bicyclic) bond motifs is 1. The summed E-state index contributed by atoms with van der Waals surface area (Å²) in [6, 6.07) is 2.92. The lowest BCUT2D eigenvalue weighted by Crippen LogP contribution is -2.45. The van der Waals surface area contributed by atoms with Crippen molar-refractivity contribution in [3.05, 3.63) is 33.8 Å². The second kappa shape index (κ2) is 4.07. The van der Waals surface area contributed by atoms with E-state index in [-0.39, 0.29) is 10.7 Å². The van der Waals surface area contributed by atoms with Crippen molar-refractivity contribution in [3.8, 4) is 0 Å². The van der Waals surface area contributed by atoms with Crippen LogP contribution in [0.2, 0.25) is 10.0 Å². The molecule has 1 nitrogen and oxygen atoms in total. The van der Waals surface area contributed by atoms with Crippen LogP contribution in [-0.4, -0.2) is 10.6 Å². The summed E-state index contributed by atoms with van der Waals surface area (Å²) in [5.74, 6) is 0. The summed E-state index contributed by atoms with van der Waals surface area (Å²) in [6.07, 6.45) is -2.18. The van der Waals surface area contributed by atoms with Gasteiger partial charge in [0.15, 0.2) is 0 Å². The van der Waals surface area contributed by atoms with Crippen LogP contribution in [0.15, 0.2) is 18.2 Å². The molecular weight excluding hydrogens is 342 g/mol. The highest BCUT2D eigenvalue weighted by atomic mass is 79.9. The zero-order chi connectivity index (χ0) is 12.8. The van der Waals surface area contributed by atoms with Gasteiger partial charge in [0.2, 0.25) is 4.45 Å². The molecule has 0 bridgehead atoms. The Hall–Kier alpha value is -0.390. The molecule has 0 radical (unpaired) electrons. The van der Waals surface area contributed by atoms with E-state index in [4.69, 9.17) is 23.2 Å². The Bertz CT molecular complexity index is 501. The van der Waals surface area contributed by atoms with Crippen molar-refractivity contribution in [1.29, 1.82) is 0 Å². The number of hydrogen-bond acceptors (Lipinski definition) is 1. The Balaban J connectivity index is 2.51. The SMILES string of the molecule is FC(F)(F)C1(Br)C=Cc2cc(Cl)cc(Cl)c2N1. The number of halogens is 6. The van der Waals surface area contributed by atoms with E-state index in [1.165, 1.54) is 18.2 Å². The van der Waals surface area contributed by atoms with Crippen LogP contribution in [0.5, 0.6) is 0 Å². The maximum absolute atomic E-state index is 12.8. The second-order valence-electron chi connectivity index (χ2n) is 3.52. The number of anilines is 1. The van der Waals surface area contributed by atoms with E-state index in [9.17, 15) is 13.2 Å². The third kappa shape index (κ3) is 2.28. The normalized spacial score (nSPS) is 23.2. The lowest BCUT2D eigenvalue weighted by atomic mass is 10.1. The highest BCUT2D eigenvalue weighted by Gasteiger charge is 2.53. The third-order valence-electron chi connectivity index (χ3n) is 2.30. The van der Waals surface area contributed by atoms with E-state index in [0.29, 0.717) is 10.6 Å². The fraction of sp³-hybridized carbons (Fsp3) is 0.200. The van der Waals surface area contributed by atoms with E-state index in [0.717, 1.165) is 6.08 Å². The summed E-state index contributed by atoms with van der Waals surface area (Å²) < 4.78 is 36.1. The Morgan fingerprint density at radius 3 is 2.47 bits per heavy atom. The Labute approximate surface area is 114 Å². The average molecular weight is 347 g/mol. The molecule has 1 unspecified atom stereocenters. The fourth-order valence-corrected chi connectivity index (χ4v) is 2.34. The van der Waals surface area contributed by atoms with Crippen LogP contribution in [0.3, 0.4) is 0 Å². The predicted octanol–water partition coefficient (Wildman–Crippen LogP) is 5.09. The van der Waals surface area contributed by atoms with Gasteiger partial charge in [-0.05, 0) is 34.1 Å². The van der Waals surface area contributed by atoms with Crippen molar-refractivity contribution in [2.24, 2.45) is 0 Å². The van der Waals surface area contributed by atoms with Gasteiger partial charge in [0.25, 0.3) is 0 Å². The first kappa shape index (κ1) is 13.1. The van der Waals surface area contributed by atoms with Crippen LogP contribution in [0.25, 0.3) is 6.08 Å². The number of nitrogens with one attached hydrogen (secondary N) is 1. The van der Waals surface area contributed by atoms with Crippen LogP contribution in [0.1, 0.15) is 5.56 Å². The summed E-state index contributed by atoms with van der Waals surface area (Å²) in [7, 11) is 0. The molecule has 0 saturated carbocycles. The highest BCUT2D eigenvalue weighted by molar-refractivity contribution is 9.10. The maximum atomic E-state index is 12.8. The first-order valence-corrected chi connectivity index (χ1v) is 6.00. The zero-order valence-electron chi connectivity index (χ0n) is 8.08. The van der Waals surface area contributed by atoms with Gasteiger partial charge in [0, 0.05) is 10.6 Å². The van der Waals surface area contributed by atoms with Crippen molar-refractivity contribution in [3.63, 3.8) is 0 Å². The number of rotatable bonds is 0. The highest BCUT2D eigenvalue weighted by Crippen LogP contribution is 2.45. The molecule has 1 atom stereocenters. The lowest BCUT2D eigenvalue weighted by molar-refractivity contribution is -0.139. The molecule has 0 amide bonds. The van der Waals surface area contributed by atoms with E-state index < -0.39 is 10.6 Å². The summed E-state index contributed by atoms with van der Waals surface area (Å²) in [5.41, 5.74) is 0.717. The van der Waals surface area contributed by atoms with Gasteiger partial charge in [-0.1, -0.05) is 29.3 Å². The van der Waals surface area contributed by atoms with Crippen LogP contribution in [0, 0.1) is 0 Å². The minimum atomic E-state index is -4.48. The molecule has 0 saturated heterocycles. The summed E-state index contributed by atoms with van der Waals surface area (Å²) in [6.45, 7) is 0. The number of benzene rings is 1. The van der Waals surface area contributed by atoms with E-state index in [1.807, 2.05) is 0 Å². The number of alkyl halides is 4. The zero-order valence-corrected chi connectivity index (χ0v) is 11.2. The van der Waals surface area contributed by atoms with Crippen molar-refractivity contribution < 1.29 is 13.2 Å². The molecule has 1 aromatic carbocycles. The second-order valence-corrected chi connectivity index (χ2v) is 5.61. The molecule has 1 heterocycles. The molecule has 0 spiro atoms. The monoisotopic (exact) mass is 345 g/mol. The molecule has 92 valence electrons. The van der Waals surface area contributed by atoms with Crippen LogP contribution < -0.4 is 5.32 Å². The van der Waals surface area contributed by atoms with Gasteiger partial charge in [-0.25, -0.2) is 0 Å². The van der Waals surface area contributed by atoms with E-state index in [1.54, 1.807) is 0 Å². The predicted molar refractivity (Wildman–Crippen MR) is 66.8 cm³/mol. The van der Waals surface area contributed by atoms with Crippen molar-refractivity contribution in [1.82, 2.24) is 0 Å². The molecular formula is C10H5BrCl2F3N. The van der Waals surface area contributed by atoms with Gasteiger partial charge in [0.1, 0.15) is 0 Å². The summed E-state index contributed by atoms with van der Waals surface area (Å²) >= 11 is 14.2. The van der Waals surface area contributed by atoms with Crippen molar-refractivity contribution in [2.45, 2.75) is 10.6 Å². The Morgan fingerprint density at radius 2 is 1.88 bits per heavy atom. The van der Waals surface area contributed by atoms with Gasteiger partial charge in [-0.15, -0.1) is 0 Å². The average Bonchev–Trinajstić information content (AvgIpc) is 2.17. The van der Waals surface area contributed by atoms with Gasteiger partial charge in [0.05, 0.1) is 10.7 Å². The minimum absolute atomic E-state index is 0.143.